The minimum Gasteiger partial charge on any atom is -0.426 e. The van der Waals surface area contributed by atoms with E-state index >= 15 is 0 Å². The molecular weight excluding hydrogens is 424 g/mol. The van der Waals surface area contributed by atoms with Gasteiger partial charge in [0.15, 0.2) is 0 Å². The van der Waals surface area contributed by atoms with Crippen LogP contribution in [0.15, 0.2) is 22.8 Å². The molecule has 0 aromatic carbocycles. The Bertz CT molecular complexity index is 961. The summed E-state index contributed by atoms with van der Waals surface area (Å²) in [6.07, 6.45) is 11.0. The largest absolute Gasteiger partial charge is 0.426 e. The van der Waals surface area contributed by atoms with Gasteiger partial charge >= 0.3 is 5.97 Å². The molecular formula is C30H46O4. The third kappa shape index (κ3) is 3.13. The Morgan fingerprint density at radius 3 is 2.38 bits per heavy atom. The Labute approximate surface area is 206 Å². The minimum absolute atomic E-state index is 0.0281. The number of aliphatic hydroxyl groups excluding tert-OH is 1. The second-order valence-electron chi connectivity index (χ2n) is 14.0. The van der Waals surface area contributed by atoms with Gasteiger partial charge in [0.05, 0.1) is 6.10 Å². The number of carbonyl (C=O) groups excluding carboxylic acids is 1. The van der Waals surface area contributed by atoms with Crippen molar-refractivity contribution in [2.45, 2.75) is 118 Å². The van der Waals surface area contributed by atoms with Gasteiger partial charge in [-0.3, -0.25) is 0 Å². The van der Waals surface area contributed by atoms with Gasteiger partial charge < -0.3 is 14.9 Å². The van der Waals surface area contributed by atoms with Crippen LogP contribution in [0.5, 0.6) is 0 Å². The fourth-order valence-corrected chi connectivity index (χ4v) is 10.0. The Balaban J connectivity index is 1.45. The van der Waals surface area contributed by atoms with Crippen molar-refractivity contribution >= 4 is 5.97 Å². The number of allylic oxidation sites excluding steroid dienone is 2. The lowest BCUT2D eigenvalue weighted by atomic mass is 9.43. The van der Waals surface area contributed by atoms with E-state index in [-0.39, 0.29) is 33.7 Å². The second-order valence-corrected chi connectivity index (χ2v) is 14.0. The Kier molecular flexibility index (Phi) is 5.38. The topological polar surface area (TPSA) is 66.8 Å². The highest BCUT2D eigenvalue weighted by Crippen LogP contribution is 2.72. The predicted octanol–water partition coefficient (Wildman–Crippen LogP) is 6.31. The van der Waals surface area contributed by atoms with Crippen LogP contribution in [-0.4, -0.2) is 28.1 Å². The zero-order chi connectivity index (χ0) is 24.9. The third-order valence-corrected chi connectivity index (χ3v) is 12.1. The normalized spacial score (nSPS) is 48.6. The van der Waals surface area contributed by atoms with Gasteiger partial charge in [-0.15, -0.1) is 0 Å². The van der Waals surface area contributed by atoms with E-state index in [4.69, 9.17) is 4.74 Å². The molecule has 0 amide bonds. The van der Waals surface area contributed by atoms with Crippen molar-refractivity contribution in [3.63, 3.8) is 0 Å². The van der Waals surface area contributed by atoms with Crippen molar-refractivity contribution < 1.29 is 19.7 Å². The summed E-state index contributed by atoms with van der Waals surface area (Å²) in [4.78, 5) is 11.9. The van der Waals surface area contributed by atoms with Crippen molar-refractivity contribution in [1.82, 2.24) is 0 Å². The quantitative estimate of drug-likeness (QED) is 0.374. The average Bonchev–Trinajstić information content (AvgIpc) is 3.16. The number of ether oxygens (including phenoxy) is 1. The third-order valence-electron chi connectivity index (χ3n) is 12.1. The molecule has 0 radical (unpaired) electrons. The highest BCUT2D eigenvalue weighted by Gasteiger charge is 2.63. The van der Waals surface area contributed by atoms with E-state index in [0.29, 0.717) is 23.8 Å². The van der Waals surface area contributed by atoms with E-state index in [1.165, 1.54) is 38.5 Å². The highest BCUT2D eigenvalue weighted by atomic mass is 16.7. The summed E-state index contributed by atoms with van der Waals surface area (Å²) in [6.45, 7) is 16.1. The number of hydrogen-bond acceptors (Lipinski definition) is 4. The molecule has 1 heterocycles. The van der Waals surface area contributed by atoms with Crippen molar-refractivity contribution in [1.29, 1.82) is 0 Å². The zero-order valence-corrected chi connectivity index (χ0v) is 22.5. The number of fused-ring (bicyclic) bond motifs is 4. The van der Waals surface area contributed by atoms with E-state index in [0.717, 1.165) is 12.8 Å². The van der Waals surface area contributed by atoms with Gasteiger partial charge in [0.2, 0.25) is 5.79 Å². The number of carbonyl (C=O) groups is 1. The lowest BCUT2D eigenvalue weighted by Gasteiger charge is -2.62. The number of rotatable bonds is 3. The molecule has 0 aromatic heterocycles. The number of aliphatic hydroxyl groups is 2. The Morgan fingerprint density at radius 1 is 1.03 bits per heavy atom. The molecule has 1 aliphatic heterocycles. The maximum Gasteiger partial charge on any atom is 0.336 e. The molecule has 190 valence electrons. The number of hydrogen-bond donors (Lipinski definition) is 2. The molecule has 2 N–H and O–H groups in total. The van der Waals surface area contributed by atoms with Gasteiger partial charge in [0, 0.05) is 12.0 Å². The fourth-order valence-electron chi connectivity index (χ4n) is 10.0. The van der Waals surface area contributed by atoms with Crippen LogP contribution in [0.25, 0.3) is 0 Å². The number of cyclic esters (lactones) is 1. The van der Waals surface area contributed by atoms with Crippen molar-refractivity contribution in [2.75, 3.05) is 0 Å². The van der Waals surface area contributed by atoms with Crippen molar-refractivity contribution in [3.8, 4) is 0 Å². The molecule has 0 saturated heterocycles. The molecule has 2 fully saturated rings. The van der Waals surface area contributed by atoms with Gasteiger partial charge in [-0.2, -0.15) is 0 Å². The molecule has 1 unspecified atom stereocenters. The Morgan fingerprint density at radius 2 is 1.74 bits per heavy atom. The van der Waals surface area contributed by atoms with Gasteiger partial charge in [-0.25, -0.2) is 4.79 Å². The first-order chi connectivity index (χ1) is 15.7. The first-order valence-corrected chi connectivity index (χ1v) is 13.7. The maximum atomic E-state index is 11.9. The minimum atomic E-state index is -1.45. The van der Waals surface area contributed by atoms with Crippen molar-refractivity contribution in [2.24, 2.45) is 39.4 Å². The zero-order valence-electron chi connectivity index (χ0n) is 22.5. The first-order valence-electron chi connectivity index (χ1n) is 13.7. The second kappa shape index (κ2) is 7.44. The molecule has 8 atom stereocenters. The molecule has 0 spiro atoms. The molecule has 34 heavy (non-hydrogen) atoms. The predicted molar refractivity (Wildman–Crippen MR) is 134 cm³/mol. The number of esters is 1. The van der Waals surface area contributed by atoms with E-state index in [2.05, 4.69) is 41.5 Å². The lowest BCUT2D eigenvalue weighted by molar-refractivity contribution is -0.185. The fraction of sp³-hybridized carbons (Fsp3) is 0.833. The van der Waals surface area contributed by atoms with Crippen molar-refractivity contribution in [3.05, 3.63) is 22.8 Å². The van der Waals surface area contributed by atoms with Gasteiger partial charge in [-0.05, 0) is 104 Å². The van der Waals surface area contributed by atoms with Crippen LogP contribution in [0.2, 0.25) is 0 Å². The van der Waals surface area contributed by atoms with Gasteiger partial charge in [0.25, 0.3) is 0 Å². The summed E-state index contributed by atoms with van der Waals surface area (Å²) < 4.78 is 5.37. The van der Waals surface area contributed by atoms with E-state index in [1.54, 1.807) is 24.1 Å². The van der Waals surface area contributed by atoms with Crippen LogP contribution in [0, 0.1) is 39.4 Å². The maximum absolute atomic E-state index is 11.9. The summed E-state index contributed by atoms with van der Waals surface area (Å²) in [7, 11) is 0. The van der Waals surface area contributed by atoms with Crippen LogP contribution in [0.4, 0.5) is 0 Å². The molecule has 4 aliphatic carbocycles. The molecule has 0 aromatic rings. The molecule has 0 bridgehead atoms. The monoisotopic (exact) mass is 470 g/mol. The summed E-state index contributed by atoms with van der Waals surface area (Å²) in [5, 5.41) is 21.8. The Hall–Kier alpha value is -1.13. The lowest BCUT2D eigenvalue weighted by Crippen LogP contribution is -2.55. The van der Waals surface area contributed by atoms with Crippen LogP contribution in [0.1, 0.15) is 106 Å². The molecule has 4 heteroatoms. The van der Waals surface area contributed by atoms with Gasteiger partial charge in [0.1, 0.15) is 0 Å². The van der Waals surface area contributed by atoms with Crippen LogP contribution in [-0.2, 0) is 9.53 Å². The summed E-state index contributed by atoms with van der Waals surface area (Å²) in [6, 6.07) is 0. The SMILES string of the molecule is CC1=CC(O)(C[C@@H](C)[C@H]2CC[C@@]3(C)C4=C(CC[C@]23C)[C@@]2(C)CC[C@H](O)C(C)(C)[C@@H]2CC4)OC1=O. The van der Waals surface area contributed by atoms with Crippen LogP contribution in [0.3, 0.4) is 0 Å². The summed E-state index contributed by atoms with van der Waals surface area (Å²) in [5.41, 5.74) is 4.54. The molecule has 5 rings (SSSR count). The highest BCUT2D eigenvalue weighted by molar-refractivity contribution is 5.90. The van der Waals surface area contributed by atoms with E-state index in [1.807, 2.05) is 0 Å². The van der Waals surface area contributed by atoms with Crippen LogP contribution < -0.4 is 0 Å². The van der Waals surface area contributed by atoms with Crippen LogP contribution >= 0.6 is 0 Å². The molecule has 2 saturated carbocycles. The average molecular weight is 471 g/mol. The summed E-state index contributed by atoms with van der Waals surface area (Å²) in [5.74, 6) is -0.527. The standard InChI is InChI=1S/C30H46O4/c1-18(16-30(33)17-19(2)25(32)34-30)20-10-14-29(7)22-8-9-23-26(3,4)24(31)12-13-27(23,5)21(22)11-15-28(20,29)6/h17-18,20,23-24,31,33H,8-16H2,1-7H3/t18-,20-,23+,24+,27-,28-,29+,30?/m1/s1. The first kappa shape index (κ1) is 24.6. The molecule has 5 aliphatic rings. The smallest absolute Gasteiger partial charge is 0.336 e. The summed E-state index contributed by atoms with van der Waals surface area (Å²) >= 11 is 0. The van der Waals surface area contributed by atoms with Gasteiger partial charge in [-0.1, -0.05) is 52.7 Å². The van der Waals surface area contributed by atoms with E-state index < -0.39 is 11.8 Å². The molecule has 4 nitrogen and oxygen atoms in total. The van der Waals surface area contributed by atoms with E-state index in [9.17, 15) is 15.0 Å².